The molecule has 0 amide bonds. The number of nitrogens with zero attached hydrogens (tertiary/aromatic N) is 2. The van der Waals surface area contributed by atoms with E-state index in [-0.39, 0.29) is 5.69 Å². The van der Waals surface area contributed by atoms with Gasteiger partial charge in [-0.05, 0) is 6.07 Å². The molecule has 0 saturated carbocycles. The Kier molecular flexibility index (Phi) is 4.46. The molecule has 2 nitrogen and oxygen atoms in total. The van der Waals surface area contributed by atoms with Gasteiger partial charge >= 0.3 is 6.18 Å². The number of pyridine rings is 1. The minimum absolute atomic E-state index is 0.308. The molecule has 0 aliphatic carbocycles. The fraction of sp³-hybridized carbons (Fsp3) is 0.400. The molecule has 0 aliphatic heterocycles. The maximum absolute atomic E-state index is 12.6. The van der Waals surface area contributed by atoms with E-state index in [1.54, 1.807) is 6.07 Å². The maximum Gasteiger partial charge on any atom is 0.418 e. The van der Waals surface area contributed by atoms with Crippen LogP contribution in [0.3, 0.4) is 0 Å². The first-order chi connectivity index (χ1) is 8.31. The molecule has 0 aromatic carbocycles. The van der Waals surface area contributed by atoms with E-state index in [1.165, 1.54) is 0 Å². The van der Waals surface area contributed by atoms with Crippen LogP contribution < -0.4 is 0 Å². The number of alkyl halides is 6. The topological polar surface area (TPSA) is 36.7 Å². The highest BCUT2D eigenvalue weighted by Crippen LogP contribution is 2.35. The first-order valence-electron chi connectivity index (χ1n) is 4.62. The highest BCUT2D eigenvalue weighted by atomic mass is 35.5. The normalized spacial score (nSPS) is 11.7. The first-order valence-corrected chi connectivity index (χ1v) is 5.15. The summed E-state index contributed by atoms with van der Waals surface area (Å²) < 4.78 is 63.0. The van der Waals surface area contributed by atoms with E-state index in [9.17, 15) is 22.0 Å². The smallest absolute Gasteiger partial charge is 0.254 e. The Hall–Kier alpha value is -1.42. The zero-order valence-corrected chi connectivity index (χ0v) is 9.49. The van der Waals surface area contributed by atoms with Crippen LogP contribution in [0.5, 0.6) is 0 Å². The van der Waals surface area contributed by atoms with Gasteiger partial charge in [-0.2, -0.15) is 18.4 Å². The van der Waals surface area contributed by atoms with Crippen LogP contribution in [0.4, 0.5) is 22.0 Å². The number of nitriles is 1. The van der Waals surface area contributed by atoms with Crippen LogP contribution in [0, 0.1) is 11.3 Å². The SMILES string of the molecule is N#CCc1nc(CCl)c(C(F)(F)F)cc1C(F)F. The van der Waals surface area contributed by atoms with E-state index in [1.807, 2.05) is 0 Å². The molecule has 0 unspecified atom stereocenters. The van der Waals surface area contributed by atoms with Gasteiger partial charge in [0.25, 0.3) is 6.43 Å². The molecule has 98 valence electrons. The number of halogens is 6. The standard InChI is InChI=1S/C10H6ClF5N2/c11-4-8-6(10(14,15)16)3-5(9(12)13)7(18-8)1-2-17/h3,9H,1,4H2. The quantitative estimate of drug-likeness (QED) is 0.624. The average molecular weight is 285 g/mol. The zero-order chi connectivity index (χ0) is 13.9. The van der Waals surface area contributed by atoms with Gasteiger partial charge in [-0.3, -0.25) is 4.98 Å². The molecule has 0 N–H and O–H groups in total. The van der Waals surface area contributed by atoms with Crippen molar-refractivity contribution in [3.8, 4) is 6.07 Å². The molecule has 1 rings (SSSR count). The van der Waals surface area contributed by atoms with E-state index < -0.39 is 41.7 Å². The Morgan fingerprint density at radius 3 is 2.33 bits per heavy atom. The van der Waals surface area contributed by atoms with E-state index in [0.29, 0.717) is 6.07 Å². The molecule has 0 saturated heterocycles. The van der Waals surface area contributed by atoms with Gasteiger partial charge in [0.15, 0.2) is 0 Å². The van der Waals surface area contributed by atoms with Gasteiger partial charge in [-0.25, -0.2) is 8.78 Å². The molecule has 0 bridgehead atoms. The van der Waals surface area contributed by atoms with E-state index >= 15 is 0 Å². The molecule has 0 aliphatic rings. The van der Waals surface area contributed by atoms with Crippen molar-refractivity contribution in [2.45, 2.75) is 24.9 Å². The van der Waals surface area contributed by atoms with Crippen LogP contribution in [0.1, 0.15) is 28.9 Å². The molecule has 1 aromatic heterocycles. The molecule has 1 heterocycles. The summed E-state index contributed by atoms with van der Waals surface area (Å²) in [5.41, 5.74) is -3.12. The van der Waals surface area contributed by atoms with Crippen molar-refractivity contribution in [3.05, 3.63) is 28.6 Å². The highest BCUT2D eigenvalue weighted by molar-refractivity contribution is 6.17. The second-order valence-electron chi connectivity index (χ2n) is 3.29. The summed E-state index contributed by atoms with van der Waals surface area (Å²) in [5, 5.41) is 8.43. The minimum Gasteiger partial charge on any atom is -0.254 e. The summed E-state index contributed by atoms with van der Waals surface area (Å²) in [6.45, 7) is 0. The van der Waals surface area contributed by atoms with Crippen molar-refractivity contribution < 1.29 is 22.0 Å². The molecule has 0 atom stereocenters. The van der Waals surface area contributed by atoms with Crippen molar-refractivity contribution >= 4 is 11.6 Å². The fourth-order valence-corrected chi connectivity index (χ4v) is 1.57. The lowest BCUT2D eigenvalue weighted by Crippen LogP contribution is -2.13. The summed E-state index contributed by atoms with van der Waals surface area (Å²) in [5.74, 6) is -0.573. The maximum atomic E-state index is 12.6. The van der Waals surface area contributed by atoms with Crippen molar-refractivity contribution in [1.29, 1.82) is 5.26 Å². The van der Waals surface area contributed by atoms with Crippen LogP contribution in [0.2, 0.25) is 0 Å². The minimum atomic E-state index is -4.81. The third kappa shape index (κ3) is 3.07. The van der Waals surface area contributed by atoms with Gasteiger partial charge in [0.2, 0.25) is 0 Å². The molecule has 0 spiro atoms. The summed E-state index contributed by atoms with van der Waals surface area (Å²) in [4.78, 5) is 3.41. The number of hydrogen-bond acceptors (Lipinski definition) is 2. The first kappa shape index (κ1) is 14.6. The van der Waals surface area contributed by atoms with Gasteiger partial charge in [0, 0.05) is 5.56 Å². The lowest BCUT2D eigenvalue weighted by molar-refractivity contribution is -0.138. The monoisotopic (exact) mass is 284 g/mol. The molecule has 0 fully saturated rings. The number of hydrogen-bond donors (Lipinski definition) is 0. The van der Waals surface area contributed by atoms with Crippen molar-refractivity contribution in [1.82, 2.24) is 4.98 Å². The predicted molar refractivity (Wildman–Crippen MR) is 53.1 cm³/mol. The Bertz CT molecular complexity index is 478. The van der Waals surface area contributed by atoms with Crippen LogP contribution >= 0.6 is 11.6 Å². The number of aromatic nitrogens is 1. The molecular formula is C10H6ClF5N2. The summed E-state index contributed by atoms with van der Waals surface area (Å²) >= 11 is 5.31. The van der Waals surface area contributed by atoms with Crippen LogP contribution in [0.25, 0.3) is 0 Å². The molecular weight excluding hydrogens is 279 g/mol. The largest absolute Gasteiger partial charge is 0.418 e. The third-order valence-corrected chi connectivity index (χ3v) is 2.38. The Balaban J connectivity index is 3.47. The van der Waals surface area contributed by atoms with Gasteiger partial charge in [0.05, 0.1) is 35.3 Å². The van der Waals surface area contributed by atoms with Crippen molar-refractivity contribution in [2.24, 2.45) is 0 Å². The molecule has 8 heteroatoms. The van der Waals surface area contributed by atoms with Gasteiger partial charge in [-0.1, -0.05) is 0 Å². The fourth-order valence-electron chi connectivity index (χ4n) is 1.36. The van der Waals surface area contributed by atoms with Crippen LogP contribution in [-0.2, 0) is 18.5 Å². The van der Waals surface area contributed by atoms with E-state index in [0.717, 1.165) is 0 Å². The van der Waals surface area contributed by atoms with Crippen LogP contribution in [-0.4, -0.2) is 4.98 Å². The summed E-state index contributed by atoms with van der Waals surface area (Å²) in [7, 11) is 0. The molecule has 1 aromatic rings. The summed E-state index contributed by atoms with van der Waals surface area (Å²) in [6, 6.07) is 1.88. The summed E-state index contributed by atoms with van der Waals surface area (Å²) in [6.07, 6.45) is -8.44. The molecule has 18 heavy (non-hydrogen) atoms. The zero-order valence-electron chi connectivity index (χ0n) is 8.73. The third-order valence-electron chi connectivity index (χ3n) is 2.13. The second-order valence-corrected chi connectivity index (χ2v) is 3.55. The van der Waals surface area contributed by atoms with Gasteiger partial charge in [0.1, 0.15) is 0 Å². The van der Waals surface area contributed by atoms with Crippen molar-refractivity contribution in [2.75, 3.05) is 0 Å². The lowest BCUT2D eigenvalue weighted by Gasteiger charge is -2.14. The Labute approximate surface area is 104 Å². The van der Waals surface area contributed by atoms with Gasteiger partial charge in [-0.15, -0.1) is 11.6 Å². The highest BCUT2D eigenvalue weighted by Gasteiger charge is 2.35. The molecule has 0 radical (unpaired) electrons. The Morgan fingerprint density at radius 1 is 1.33 bits per heavy atom. The van der Waals surface area contributed by atoms with E-state index in [2.05, 4.69) is 4.98 Å². The van der Waals surface area contributed by atoms with Crippen molar-refractivity contribution in [3.63, 3.8) is 0 Å². The van der Waals surface area contributed by atoms with E-state index in [4.69, 9.17) is 16.9 Å². The van der Waals surface area contributed by atoms with Crippen LogP contribution in [0.15, 0.2) is 6.07 Å². The number of rotatable bonds is 3. The lowest BCUT2D eigenvalue weighted by atomic mass is 10.1. The predicted octanol–water partition coefficient (Wildman–Crippen LogP) is 3.84. The second kappa shape index (κ2) is 5.48. The Morgan fingerprint density at radius 2 is 1.94 bits per heavy atom. The average Bonchev–Trinajstić information content (AvgIpc) is 2.27. The van der Waals surface area contributed by atoms with Gasteiger partial charge < -0.3 is 0 Å².